The van der Waals surface area contributed by atoms with E-state index in [-0.39, 0.29) is 0 Å². The summed E-state index contributed by atoms with van der Waals surface area (Å²) in [6, 6.07) is 0. The van der Waals surface area contributed by atoms with E-state index in [0.717, 1.165) is 36.0 Å². The fourth-order valence-electron chi connectivity index (χ4n) is 10.3. The molecule has 5 aliphatic rings. The molecule has 42 heavy (non-hydrogen) atoms. The molecule has 4 fully saturated rings. The number of hydrogen-bond acceptors (Lipinski definition) is 3. The van der Waals surface area contributed by atoms with Gasteiger partial charge in [-0.15, -0.1) is 0 Å². The predicted molar refractivity (Wildman–Crippen MR) is 180 cm³/mol. The van der Waals surface area contributed by atoms with Crippen LogP contribution in [0.2, 0.25) is 0 Å². The van der Waals surface area contributed by atoms with Crippen molar-refractivity contribution in [2.24, 2.45) is 46.3 Å². The standard InChI is InChI=1S/C30H50O2.C7H16O.C2H6/c1-6-7-8-20(2)9-11-23-18-27-28(32-23)19-26-24-12-10-21-17-22(31-5)13-15-29(21,3)25(24)14-16-30(26,27)4;1-5-7(8-4)6(2)3;1-2/h10,20,22-28H,6-9,11-19H2,1-5H3;6-7H,5H2,1-4H3;1-2H3/t20-,22?,23?,24?,25?,26?,27?,28-,29?,30?;;/m0../s1. The first-order valence-corrected chi connectivity index (χ1v) is 18.5. The molecule has 0 aromatic heterocycles. The van der Waals surface area contributed by atoms with Gasteiger partial charge in [-0.2, -0.15) is 0 Å². The first-order valence-electron chi connectivity index (χ1n) is 18.5. The van der Waals surface area contributed by atoms with Crippen LogP contribution in [0, 0.1) is 46.3 Å². The summed E-state index contributed by atoms with van der Waals surface area (Å²) in [6.45, 7) is 20.6. The number of rotatable bonds is 10. The highest BCUT2D eigenvalue weighted by Gasteiger charge is 2.63. The molecule has 3 heteroatoms. The van der Waals surface area contributed by atoms with Crippen LogP contribution in [-0.2, 0) is 14.2 Å². The Morgan fingerprint density at radius 1 is 0.952 bits per heavy atom. The van der Waals surface area contributed by atoms with Gasteiger partial charge in [0.05, 0.1) is 24.4 Å². The Morgan fingerprint density at radius 2 is 1.69 bits per heavy atom. The van der Waals surface area contributed by atoms with Crippen molar-refractivity contribution in [3.05, 3.63) is 11.6 Å². The first-order chi connectivity index (χ1) is 20.1. The average Bonchev–Trinajstić information content (AvgIpc) is 3.53. The highest BCUT2D eigenvalue weighted by atomic mass is 16.5. The van der Waals surface area contributed by atoms with Crippen LogP contribution in [0.3, 0.4) is 0 Å². The fraction of sp³-hybridized carbons (Fsp3) is 0.949. The maximum Gasteiger partial charge on any atom is 0.0616 e. The third-order valence-corrected chi connectivity index (χ3v) is 13.0. The van der Waals surface area contributed by atoms with Gasteiger partial charge in [-0.25, -0.2) is 0 Å². The number of hydrogen-bond donors (Lipinski definition) is 0. The Hall–Kier alpha value is -0.380. The molecule has 246 valence electrons. The van der Waals surface area contributed by atoms with Gasteiger partial charge < -0.3 is 14.2 Å². The highest BCUT2D eigenvalue weighted by Crippen LogP contribution is 2.68. The largest absolute Gasteiger partial charge is 0.381 e. The average molecular weight is 589 g/mol. The number of fused-ring (bicyclic) bond motifs is 7. The zero-order valence-corrected chi connectivity index (χ0v) is 30.0. The number of allylic oxidation sites excluding steroid dienone is 1. The Morgan fingerprint density at radius 3 is 2.29 bits per heavy atom. The van der Waals surface area contributed by atoms with E-state index in [4.69, 9.17) is 14.2 Å². The molecular formula is C39H72O3. The van der Waals surface area contributed by atoms with Gasteiger partial charge in [0, 0.05) is 14.2 Å². The minimum atomic E-state index is 0.439. The van der Waals surface area contributed by atoms with Gasteiger partial charge in [0.1, 0.15) is 0 Å². The molecule has 1 aliphatic heterocycles. The summed E-state index contributed by atoms with van der Waals surface area (Å²) in [7, 11) is 3.68. The molecular weight excluding hydrogens is 516 g/mol. The monoisotopic (exact) mass is 589 g/mol. The van der Waals surface area contributed by atoms with Crippen molar-refractivity contribution >= 4 is 0 Å². The molecule has 3 saturated carbocycles. The van der Waals surface area contributed by atoms with Gasteiger partial charge in [-0.05, 0) is 117 Å². The van der Waals surface area contributed by atoms with Crippen LogP contribution in [0.5, 0.6) is 0 Å². The van der Waals surface area contributed by atoms with Gasteiger partial charge >= 0.3 is 0 Å². The van der Waals surface area contributed by atoms with E-state index < -0.39 is 0 Å². The van der Waals surface area contributed by atoms with Crippen molar-refractivity contribution in [3.8, 4) is 0 Å². The number of ether oxygens (including phenoxy) is 3. The Balaban J connectivity index is 0.000000421. The summed E-state index contributed by atoms with van der Waals surface area (Å²) in [5.41, 5.74) is 2.71. The topological polar surface area (TPSA) is 27.7 Å². The molecule has 5 rings (SSSR count). The van der Waals surface area contributed by atoms with Gasteiger partial charge in [0.2, 0.25) is 0 Å². The molecule has 0 N–H and O–H groups in total. The fourth-order valence-corrected chi connectivity index (χ4v) is 10.3. The van der Waals surface area contributed by atoms with E-state index in [1.54, 1.807) is 12.7 Å². The molecule has 4 aliphatic carbocycles. The number of methoxy groups -OCH3 is 2. The van der Waals surface area contributed by atoms with Crippen molar-refractivity contribution in [2.75, 3.05) is 14.2 Å². The van der Waals surface area contributed by atoms with Gasteiger partial charge in [-0.1, -0.05) is 93.2 Å². The third-order valence-electron chi connectivity index (χ3n) is 13.0. The quantitative estimate of drug-likeness (QED) is 0.238. The van der Waals surface area contributed by atoms with Gasteiger partial charge in [0.15, 0.2) is 0 Å². The third kappa shape index (κ3) is 7.70. The van der Waals surface area contributed by atoms with Crippen LogP contribution < -0.4 is 0 Å². The summed E-state index contributed by atoms with van der Waals surface area (Å²) in [5, 5.41) is 0. The Labute approximate surface area is 262 Å². The minimum Gasteiger partial charge on any atom is -0.381 e. The summed E-state index contributed by atoms with van der Waals surface area (Å²) in [4.78, 5) is 0. The van der Waals surface area contributed by atoms with Crippen LogP contribution in [0.25, 0.3) is 0 Å². The second kappa shape index (κ2) is 16.3. The highest BCUT2D eigenvalue weighted by molar-refractivity contribution is 5.26. The molecule has 3 nitrogen and oxygen atoms in total. The zero-order valence-electron chi connectivity index (χ0n) is 30.0. The first kappa shape index (κ1) is 36.1. The van der Waals surface area contributed by atoms with Crippen molar-refractivity contribution in [3.63, 3.8) is 0 Å². The van der Waals surface area contributed by atoms with Crippen molar-refractivity contribution in [1.29, 1.82) is 0 Å². The van der Waals surface area contributed by atoms with Gasteiger partial charge in [-0.3, -0.25) is 0 Å². The molecule has 0 aromatic rings. The SMILES string of the molecule is CC.CCC(OC)C(C)C.CCCC[C@H](C)CCC1CC2[C@H](CC3C4CC=C5CC(OC)CCC5(C)C4CCC32C)O1. The van der Waals surface area contributed by atoms with E-state index >= 15 is 0 Å². The molecule has 0 spiro atoms. The number of unbranched alkanes of at least 4 members (excludes halogenated alkanes) is 1. The van der Waals surface area contributed by atoms with Crippen molar-refractivity contribution in [1.82, 2.24) is 0 Å². The van der Waals surface area contributed by atoms with Crippen LogP contribution >= 0.6 is 0 Å². The summed E-state index contributed by atoms with van der Waals surface area (Å²) in [5.74, 6) is 5.03. The molecule has 0 radical (unpaired) electrons. The molecule has 1 heterocycles. The van der Waals surface area contributed by atoms with Crippen molar-refractivity contribution in [2.45, 2.75) is 177 Å². The lowest BCUT2D eigenvalue weighted by Crippen LogP contribution is -2.50. The minimum absolute atomic E-state index is 0.439. The lowest BCUT2D eigenvalue weighted by atomic mass is 9.47. The van der Waals surface area contributed by atoms with Crippen LogP contribution in [0.4, 0.5) is 0 Å². The van der Waals surface area contributed by atoms with Crippen LogP contribution in [0.1, 0.15) is 152 Å². The van der Waals surface area contributed by atoms with Crippen molar-refractivity contribution < 1.29 is 14.2 Å². The second-order valence-electron chi connectivity index (χ2n) is 15.5. The molecule has 0 amide bonds. The van der Waals surface area contributed by atoms with Crippen LogP contribution in [-0.4, -0.2) is 38.6 Å². The van der Waals surface area contributed by atoms with Crippen LogP contribution in [0.15, 0.2) is 11.6 Å². The maximum atomic E-state index is 6.81. The maximum absolute atomic E-state index is 6.81. The zero-order chi connectivity index (χ0) is 31.1. The summed E-state index contributed by atoms with van der Waals surface area (Å²) in [6.07, 6.45) is 23.3. The summed E-state index contributed by atoms with van der Waals surface area (Å²) >= 11 is 0. The molecule has 0 bridgehead atoms. The van der Waals surface area contributed by atoms with E-state index in [1.807, 2.05) is 21.0 Å². The summed E-state index contributed by atoms with van der Waals surface area (Å²) < 4.78 is 17.7. The lowest BCUT2D eigenvalue weighted by Gasteiger charge is -2.58. The van der Waals surface area contributed by atoms with Gasteiger partial charge in [0.25, 0.3) is 0 Å². The smallest absolute Gasteiger partial charge is 0.0616 e. The van der Waals surface area contributed by atoms with E-state index in [2.05, 4.69) is 54.5 Å². The normalized spacial score (nSPS) is 39.8. The molecule has 9 unspecified atom stereocenters. The molecule has 11 atom stereocenters. The molecule has 0 aromatic carbocycles. The van der Waals surface area contributed by atoms with E-state index in [9.17, 15) is 0 Å². The lowest BCUT2D eigenvalue weighted by molar-refractivity contribution is -0.0549. The second-order valence-corrected chi connectivity index (χ2v) is 15.5. The predicted octanol–water partition coefficient (Wildman–Crippen LogP) is 11.0. The Bertz CT molecular complexity index is 816. The Kier molecular flexibility index (Phi) is 14.0. The van der Waals surface area contributed by atoms with E-state index in [1.165, 1.54) is 83.5 Å². The molecule has 1 saturated heterocycles. The van der Waals surface area contributed by atoms with E-state index in [0.29, 0.717) is 41.2 Å².